The Morgan fingerprint density at radius 1 is 0.929 bits per heavy atom. The van der Waals surface area contributed by atoms with Crippen molar-refractivity contribution in [2.24, 2.45) is 5.92 Å². The van der Waals surface area contributed by atoms with Gasteiger partial charge in [0.05, 0.1) is 0 Å². The fourth-order valence-electron chi connectivity index (χ4n) is 2.68. The topological polar surface area (TPSA) is 55.8 Å². The van der Waals surface area contributed by atoms with Gasteiger partial charge in [-0.1, -0.05) is 43.7 Å². The molecule has 0 aromatic heterocycles. The molecule has 1 amide bonds. The highest BCUT2D eigenvalue weighted by atomic mass is 16.6. The molecular formula is C23H37NO4. The van der Waals surface area contributed by atoms with Gasteiger partial charge < -0.3 is 9.47 Å². The van der Waals surface area contributed by atoms with Gasteiger partial charge in [-0.15, -0.1) is 0 Å². The van der Waals surface area contributed by atoms with Gasteiger partial charge in [0.25, 0.3) is 0 Å². The van der Waals surface area contributed by atoms with Gasteiger partial charge in [0.2, 0.25) is 0 Å². The Labute approximate surface area is 170 Å². The van der Waals surface area contributed by atoms with Gasteiger partial charge in [-0.2, -0.15) is 0 Å². The lowest BCUT2D eigenvalue weighted by Crippen LogP contribution is -2.49. The third-order valence-corrected chi connectivity index (χ3v) is 3.85. The fourth-order valence-corrected chi connectivity index (χ4v) is 2.68. The minimum absolute atomic E-state index is 0.209. The van der Waals surface area contributed by atoms with Crippen molar-refractivity contribution in [3.05, 3.63) is 35.4 Å². The molecule has 1 aromatic rings. The molecule has 0 heterocycles. The van der Waals surface area contributed by atoms with E-state index in [2.05, 4.69) is 0 Å². The summed E-state index contributed by atoms with van der Waals surface area (Å²) >= 11 is 0. The zero-order chi connectivity index (χ0) is 21.7. The summed E-state index contributed by atoms with van der Waals surface area (Å²) in [6.07, 6.45) is -0.00963. The van der Waals surface area contributed by atoms with Crippen molar-refractivity contribution in [1.29, 1.82) is 0 Å². The summed E-state index contributed by atoms with van der Waals surface area (Å²) < 4.78 is 11.2. The number of rotatable bonds is 6. The quantitative estimate of drug-likeness (QED) is 0.602. The molecule has 0 N–H and O–H groups in total. The van der Waals surface area contributed by atoms with Gasteiger partial charge in [0, 0.05) is 6.54 Å². The summed E-state index contributed by atoms with van der Waals surface area (Å²) in [6, 6.07) is 7.21. The largest absolute Gasteiger partial charge is 0.458 e. The lowest BCUT2D eigenvalue weighted by Gasteiger charge is -2.34. The molecule has 1 atom stereocenters. The van der Waals surface area contributed by atoms with E-state index in [-0.39, 0.29) is 12.5 Å². The number of carbonyl (C=O) groups excluding carboxylic acids is 2. The lowest BCUT2D eigenvalue weighted by atomic mass is 10.0. The maximum absolute atomic E-state index is 13.0. The molecule has 158 valence electrons. The number of nitrogens with zero attached hydrogens (tertiary/aromatic N) is 1. The number of benzene rings is 1. The summed E-state index contributed by atoms with van der Waals surface area (Å²) in [5.41, 5.74) is 0.793. The summed E-state index contributed by atoms with van der Waals surface area (Å²) in [6.45, 7) is 17.3. The number of aryl methyl sites for hydroxylation is 1. The molecule has 0 fully saturated rings. The Morgan fingerprint density at radius 2 is 1.43 bits per heavy atom. The summed E-state index contributed by atoms with van der Waals surface area (Å²) in [4.78, 5) is 27.5. The van der Waals surface area contributed by atoms with E-state index in [4.69, 9.17) is 9.47 Å². The molecule has 1 rings (SSSR count). The average molecular weight is 392 g/mol. The Hall–Kier alpha value is -2.04. The second kappa shape index (κ2) is 9.44. The van der Waals surface area contributed by atoms with Crippen LogP contribution in [-0.4, -0.2) is 34.2 Å². The van der Waals surface area contributed by atoms with E-state index < -0.39 is 29.3 Å². The van der Waals surface area contributed by atoms with Crippen LogP contribution in [0, 0.1) is 12.8 Å². The van der Waals surface area contributed by atoms with Crippen LogP contribution in [0.3, 0.4) is 0 Å². The first-order chi connectivity index (χ1) is 12.7. The minimum Gasteiger partial charge on any atom is -0.458 e. The lowest BCUT2D eigenvalue weighted by molar-refractivity contribution is -0.162. The molecule has 0 bridgehead atoms. The Balaban J connectivity index is 3.25. The number of carbonyl (C=O) groups is 2. The molecule has 0 aliphatic heterocycles. The Morgan fingerprint density at radius 3 is 1.86 bits per heavy atom. The molecule has 0 spiro atoms. The van der Waals surface area contributed by atoms with Gasteiger partial charge in [-0.3, -0.25) is 4.90 Å². The minimum atomic E-state index is -0.713. The molecule has 28 heavy (non-hydrogen) atoms. The van der Waals surface area contributed by atoms with Crippen molar-refractivity contribution in [1.82, 2.24) is 4.90 Å². The molecule has 0 radical (unpaired) electrons. The van der Waals surface area contributed by atoms with Gasteiger partial charge in [-0.25, -0.2) is 9.59 Å². The second-order valence-electron chi connectivity index (χ2n) is 9.77. The zero-order valence-electron chi connectivity index (χ0n) is 19.0. The van der Waals surface area contributed by atoms with Crippen LogP contribution in [0.2, 0.25) is 0 Å². The van der Waals surface area contributed by atoms with Crippen molar-refractivity contribution in [2.45, 2.75) is 92.5 Å². The zero-order valence-corrected chi connectivity index (χ0v) is 19.0. The Bertz CT molecular complexity index is 651. The molecule has 0 aliphatic carbocycles. The van der Waals surface area contributed by atoms with Crippen LogP contribution in [0.1, 0.15) is 72.9 Å². The van der Waals surface area contributed by atoms with Crippen molar-refractivity contribution >= 4 is 12.1 Å². The number of hydrogen-bond donors (Lipinski definition) is 0. The molecule has 0 saturated heterocycles. The third-order valence-electron chi connectivity index (χ3n) is 3.85. The number of esters is 1. The highest BCUT2D eigenvalue weighted by Crippen LogP contribution is 2.22. The normalized spacial score (nSPS) is 13.2. The highest BCUT2D eigenvalue weighted by Gasteiger charge is 2.36. The molecule has 0 aliphatic rings. The number of ether oxygens (including phenoxy) is 2. The predicted octanol–water partition coefficient (Wildman–Crippen LogP) is 5.49. The maximum atomic E-state index is 13.0. The first-order valence-electron chi connectivity index (χ1n) is 9.96. The number of hydrogen-bond acceptors (Lipinski definition) is 4. The summed E-state index contributed by atoms with van der Waals surface area (Å²) in [5, 5.41) is 0. The third kappa shape index (κ3) is 8.77. The van der Waals surface area contributed by atoms with Crippen LogP contribution in [0.5, 0.6) is 0 Å². The molecular weight excluding hydrogens is 354 g/mol. The second-order valence-corrected chi connectivity index (χ2v) is 9.77. The van der Waals surface area contributed by atoms with Crippen molar-refractivity contribution in [3.8, 4) is 0 Å². The molecule has 5 heteroatoms. The number of amides is 1. The van der Waals surface area contributed by atoms with Crippen LogP contribution >= 0.6 is 0 Å². The van der Waals surface area contributed by atoms with Gasteiger partial charge >= 0.3 is 12.1 Å². The first-order valence-corrected chi connectivity index (χ1v) is 9.96. The van der Waals surface area contributed by atoms with Crippen molar-refractivity contribution in [3.63, 3.8) is 0 Å². The smallest absolute Gasteiger partial charge is 0.411 e. The van der Waals surface area contributed by atoms with Gasteiger partial charge in [-0.05, 0) is 66.4 Å². The van der Waals surface area contributed by atoms with E-state index in [1.807, 2.05) is 86.6 Å². The molecule has 1 aromatic carbocycles. The summed E-state index contributed by atoms with van der Waals surface area (Å²) in [5.74, 6) is -0.195. The van der Waals surface area contributed by atoms with Crippen molar-refractivity contribution < 1.29 is 19.1 Å². The maximum Gasteiger partial charge on any atom is 0.411 e. The fraction of sp³-hybridized carbons (Fsp3) is 0.652. The van der Waals surface area contributed by atoms with Crippen molar-refractivity contribution in [2.75, 3.05) is 0 Å². The average Bonchev–Trinajstić information content (AvgIpc) is 2.48. The molecule has 0 saturated carbocycles. The van der Waals surface area contributed by atoms with E-state index >= 15 is 0 Å². The highest BCUT2D eigenvalue weighted by molar-refractivity contribution is 5.82. The Kier molecular flexibility index (Phi) is 8.09. The predicted molar refractivity (Wildman–Crippen MR) is 112 cm³/mol. The van der Waals surface area contributed by atoms with Crippen LogP contribution in [-0.2, 0) is 20.8 Å². The van der Waals surface area contributed by atoms with E-state index in [0.717, 1.165) is 11.1 Å². The monoisotopic (exact) mass is 391 g/mol. The van der Waals surface area contributed by atoms with Crippen LogP contribution in [0.4, 0.5) is 4.79 Å². The van der Waals surface area contributed by atoms with Gasteiger partial charge in [0.1, 0.15) is 17.2 Å². The van der Waals surface area contributed by atoms with Crippen LogP contribution in [0.15, 0.2) is 24.3 Å². The van der Waals surface area contributed by atoms with Gasteiger partial charge in [0.15, 0.2) is 0 Å². The van der Waals surface area contributed by atoms with Crippen LogP contribution in [0.25, 0.3) is 0 Å². The first kappa shape index (κ1) is 24.0. The standard InChI is InChI=1S/C23H37NO4/c1-16(2)14-19(20(25)27-22(4,5)6)24(21(26)28-23(7,8)9)15-18-12-10-17(3)11-13-18/h10-13,16,19H,14-15H2,1-9H3/t19-/m0/s1. The van der Waals surface area contributed by atoms with E-state index in [1.165, 1.54) is 4.90 Å². The SMILES string of the molecule is Cc1ccc(CN(C(=O)OC(C)(C)C)[C@@H](CC(C)C)C(=O)OC(C)(C)C)cc1. The van der Waals surface area contributed by atoms with E-state index in [1.54, 1.807) is 0 Å². The molecule has 0 unspecified atom stereocenters. The van der Waals surface area contributed by atoms with E-state index in [9.17, 15) is 9.59 Å². The van der Waals surface area contributed by atoms with E-state index in [0.29, 0.717) is 6.42 Å². The summed E-state index contributed by atoms with van der Waals surface area (Å²) in [7, 11) is 0. The van der Waals surface area contributed by atoms with Crippen LogP contribution < -0.4 is 0 Å². The molecule has 5 nitrogen and oxygen atoms in total.